The second kappa shape index (κ2) is 8.36. The molecule has 0 aliphatic rings. The molecule has 0 aliphatic heterocycles. The zero-order chi connectivity index (χ0) is 8.69. The van der Waals surface area contributed by atoms with E-state index in [4.69, 9.17) is 10.8 Å². The van der Waals surface area contributed by atoms with E-state index in [0.717, 1.165) is 0 Å². The normalized spacial score (nSPS) is 10.3. The second-order valence-corrected chi connectivity index (χ2v) is 1.95. The number of esters is 1. The summed E-state index contributed by atoms with van der Waals surface area (Å²) in [5, 5.41) is 8.78. The van der Waals surface area contributed by atoms with E-state index in [1.54, 1.807) is 6.92 Å². The summed E-state index contributed by atoms with van der Waals surface area (Å²) in [6, 6.07) is 0. The number of aliphatic hydroxyl groups is 1. The molecule has 5 heteroatoms. The van der Waals surface area contributed by atoms with Crippen molar-refractivity contribution < 1.29 is 14.6 Å². The third kappa shape index (κ3) is 6.00. The molecule has 0 aromatic rings. The molecule has 4 nitrogen and oxygen atoms in total. The number of carbonyl (C=O) groups excluding carboxylic acids is 1. The lowest BCUT2D eigenvalue weighted by Crippen LogP contribution is -2.11. The maximum atomic E-state index is 10.7. The first-order valence-corrected chi connectivity index (χ1v) is 3.44. The number of rotatable bonds is 4. The number of hydrogen-bond donors (Lipinski definition) is 2. The maximum Gasteiger partial charge on any atom is 0.373 e. The molecule has 0 fully saturated rings. The van der Waals surface area contributed by atoms with Crippen LogP contribution in [0.15, 0.2) is 11.8 Å². The summed E-state index contributed by atoms with van der Waals surface area (Å²) in [4.78, 5) is 10.7. The van der Waals surface area contributed by atoms with E-state index in [2.05, 4.69) is 4.74 Å². The lowest BCUT2D eigenvalue weighted by Gasteiger charge is -2.01. The fraction of sp³-hybridized carbons (Fsp3) is 0.571. The molecule has 0 bridgehead atoms. The fourth-order valence-electron chi connectivity index (χ4n) is 0.440. The van der Waals surface area contributed by atoms with E-state index < -0.39 is 5.97 Å². The zero-order valence-electron chi connectivity index (χ0n) is 6.95. The van der Waals surface area contributed by atoms with Crippen molar-refractivity contribution in [3.8, 4) is 0 Å². The van der Waals surface area contributed by atoms with Gasteiger partial charge in [0.2, 0.25) is 0 Å². The van der Waals surface area contributed by atoms with Gasteiger partial charge in [0.25, 0.3) is 0 Å². The van der Waals surface area contributed by atoms with Crippen LogP contribution in [0.5, 0.6) is 0 Å². The average Bonchev–Trinajstić information content (AvgIpc) is 2.03. The molecule has 0 saturated carbocycles. The van der Waals surface area contributed by atoms with Gasteiger partial charge in [-0.25, -0.2) is 4.79 Å². The molecule has 0 radical (unpaired) electrons. The average molecular weight is 196 g/mol. The molecule has 0 aromatic carbocycles. The van der Waals surface area contributed by atoms with Crippen LogP contribution >= 0.6 is 12.4 Å². The summed E-state index contributed by atoms with van der Waals surface area (Å²) in [7, 11) is 0. The molecule has 0 rings (SSSR count). The number of hydrogen-bond acceptors (Lipinski definition) is 4. The van der Waals surface area contributed by atoms with Crippen molar-refractivity contribution in [2.45, 2.75) is 13.3 Å². The summed E-state index contributed by atoms with van der Waals surface area (Å²) in [5.41, 5.74) is 5.15. The van der Waals surface area contributed by atoms with Gasteiger partial charge in [-0.1, -0.05) is 0 Å². The molecule has 0 aromatic heterocycles. The minimum Gasteiger partial charge on any atom is -0.502 e. The van der Waals surface area contributed by atoms with Crippen molar-refractivity contribution in [2.24, 2.45) is 5.73 Å². The summed E-state index contributed by atoms with van der Waals surface area (Å²) >= 11 is 0. The lowest BCUT2D eigenvalue weighted by atomic mass is 10.4. The van der Waals surface area contributed by atoms with E-state index >= 15 is 0 Å². The van der Waals surface area contributed by atoms with Crippen LogP contribution in [0, 0.1) is 0 Å². The first-order chi connectivity index (χ1) is 5.22. The van der Waals surface area contributed by atoms with Crippen molar-refractivity contribution in [3.63, 3.8) is 0 Å². The molecular weight excluding hydrogens is 182 g/mol. The Balaban J connectivity index is 0. The summed E-state index contributed by atoms with van der Waals surface area (Å²) in [5.74, 6) is -1.05. The molecule has 12 heavy (non-hydrogen) atoms. The highest BCUT2D eigenvalue weighted by Crippen LogP contribution is 1.92. The Kier molecular flexibility index (Phi) is 9.63. The van der Waals surface area contributed by atoms with Gasteiger partial charge in [0.1, 0.15) is 0 Å². The number of carbonyl (C=O) groups is 1. The molecular formula is C7H14ClNO3. The van der Waals surface area contributed by atoms with Crippen molar-refractivity contribution in [1.29, 1.82) is 0 Å². The third-order valence-electron chi connectivity index (χ3n) is 1.06. The predicted molar refractivity (Wildman–Crippen MR) is 48.3 cm³/mol. The maximum absolute atomic E-state index is 10.7. The van der Waals surface area contributed by atoms with E-state index in [1.807, 2.05) is 0 Å². The monoisotopic (exact) mass is 195 g/mol. The molecule has 0 spiro atoms. The molecule has 3 N–H and O–H groups in total. The van der Waals surface area contributed by atoms with Crippen molar-refractivity contribution in [3.05, 3.63) is 11.8 Å². The molecule has 0 amide bonds. The van der Waals surface area contributed by atoms with Gasteiger partial charge in [0, 0.05) is 0 Å². The quantitative estimate of drug-likeness (QED) is 0.301. The number of allylic oxidation sites excluding steroid dienone is 1. The van der Waals surface area contributed by atoms with E-state index in [-0.39, 0.29) is 24.8 Å². The molecule has 72 valence electrons. The Morgan fingerprint density at radius 3 is 2.67 bits per heavy atom. The van der Waals surface area contributed by atoms with Crippen LogP contribution in [0.4, 0.5) is 0 Å². The van der Waals surface area contributed by atoms with Gasteiger partial charge in [0.05, 0.1) is 6.61 Å². The summed E-state index contributed by atoms with van der Waals surface area (Å²) < 4.78 is 4.60. The molecule has 0 atom stereocenters. The highest BCUT2D eigenvalue weighted by molar-refractivity contribution is 5.85. The standard InChI is InChI=1S/C7H13NO3.ClH/c1-2-6(9)7(10)11-5-3-4-8;/h2,9H,3-5,8H2,1H3;1H. The van der Waals surface area contributed by atoms with Gasteiger partial charge in [-0.2, -0.15) is 0 Å². The van der Waals surface area contributed by atoms with Gasteiger partial charge >= 0.3 is 5.97 Å². The summed E-state index contributed by atoms with van der Waals surface area (Å²) in [6.45, 7) is 2.29. The van der Waals surface area contributed by atoms with Crippen LogP contribution in [0.3, 0.4) is 0 Å². The highest BCUT2D eigenvalue weighted by Gasteiger charge is 2.05. The van der Waals surface area contributed by atoms with Crippen molar-refractivity contribution in [1.82, 2.24) is 0 Å². The Morgan fingerprint density at radius 1 is 1.67 bits per heavy atom. The minimum absolute atomic E-state index is 0. The SMILES string of the molecule is CC=C(O)C(=O)OCCCN.Cl. The van der Waals surface area contributed by atoms with Gasteiger partial charge in [-0.15, -0.1) is 12.4 Å². The van der Waals surface area contributed by atoms with Crippen LogP contribution in [0.1, 0.15) is 13.3 Å². The third-order valence-corrected chi connectivity index (χ3v) is 1.06. The number of aliphatic hydroxyl groups excluding tert-OH is 1. The smallest absolute Gasteiger partial charge is 0.373 e. The highest BCUT2D eigenvalue weighted by atomic mass is 35.5. The van der Waals surface area contributed by atoms with Gasteiger partial charge in [0.15, 0.2) is 5.76 Å². The van der Waals surface area contributed by atoms with Crippen molar-refractivity contribution in [2.75, 3.05) is 13.2 Å². The molecule has 0 unspecified atom stereocenters. The number of halogens is 1. The Bertz CT molecular complexity index is 159. The number of nitrogens with two attached hydrogens (primary N) is 1. The van der Waals surface area contributed by atoms with Crippen LogP contribution < -0.4 is 5.73 Å². The van der Waals surface area contributed by atoms with Gasteiger partial charge in [-0.05, 0) is 26.0 Å². The van der Waals surface area contributed by atoms with Crippen LogP contribution in [0.2, 0.25) is 0 Å². The van der Waals surface area contributed by atoms with E-state index in [9.17, 15) is 4.79 Å². The van der Waals surface area contributed by atoms with Crippen LogP contribution in [-0.4, -0.2) is 24.2 Å². The Labute approximate surface area is 77.8 Å². The molecule has 0 saturated heterocycles. The Morgan fingerprint density at radius 2 is 2.25 bits per heavy atom. The largest absolute Gasteiger partial charge is 0.502 e. The fourth-order valence-corrected chi connectivity index (χ4v) is 0.440. The van der Waals surface area contributed by atoms with E-state index in [0.29, 0.717) is 13.0 Å². The van der Waals surface area contributed by atoms with E-state index in [1.165, 1.54) is 6.08 Å². The Hall–Kier alpha value is -0.740. The summed E-state index contributed by atoms with van der Waals surface area (Å²) in [6.07, 6.45) is 1.90. The van der Waals surface area contributed by atoms with Gasteiger partial charge in [-0.3, -0.25) is 0 Å². The zero-order valence-corrected chi connectivity index (χ0v) is 7.76. The molecule has 0 aliphatic carbocycles. The first-order valence-electron chi connectivity index (χ1n) is 3.44. The predicted octanol–water partition coefficient (Wildman–Crippen LogP) is 0.762. The topological polar surface area (TPSA) is 72.5 Å². The first kappa shape index (κ1) is 13.8. The van der Waals surface area contributed by atoms with Gasteiger partial charge < -0.3 is 15.6 Å². The second-order valence-electron chi connectivity index (χ2n) is 1.95. The van der Waals surface area contributed by atoms with Crippen LogP contribution in [-0.2, 0) is 9.53 Å². The number of ether oxygens (including phenoxy) is 1. The molecule has 0 heterocycles. The minimum atomic E-state index is -0.694. The van der Waals surface area contributed by atoms with Crippen LogP contribution in [0.25, 0.3) is 0 Å². The lowest BCUT2D eigenvalue weighted by molar-refractivity contribution is -0.142. The van der Waals surface area contributed by atoms with Crippen molar-refractivity contribution >= 4 is 18.4 Å².